The predicted molar refractivity (Wildman–Crippen MR) is 183 cm³/mol. The van der Waals surface area contributed by atoms with Crippen molar-refractivity contribution in [3.63, 3.8) is 0 Å². The molecule has 0 radical (unpaired) electrons. The third kappa shape index (κ3) is 14.3. The van der Waals surface area contributed by atoms with E-state index in [9.17, 15) is 27.2 Å². The second kappa shape index (κ2) is 21.3. The zero-order chi connectivity index (χ0) is 35.5. The maximum atomic E-state index is 14.8. The molecule has 3 rings (SSSR count). The summed E-state index contributed by atoms with van der Waals surface area (Å²) in [6.45, 7) is 4.27. The van der Waals surface area contributed by atoms with Gasteiger partial charge in [0.2, 0.25) is 0 Å². The second-order valence-electron chi connectivity index (χ2n) is 12.6. The summed E-state index contributed by atoms with van der Waals surface area (Å²) in [5.41, 5.74) is 1.28. The molecule has 268 valence electrons. The van der Waals surface area contributed by atoms with Crippen molar-refractivity contribution in [2.45, 2.75) is 135 Å². The molecule has 0 bridgehead atoms. The fourth-order valence-electron chi connectivity index (χ4n) is 5.51. The predicted octanol–water partition coefficient (Wildman–Crippen LogP) is 11.4. The van der Waals surface area contributed by atoms with Crippen molar-refractivity contribution in [2.24, 2.45) is 0 Å². The first kappa shape index (κ1) is 39.6. The highest BCUT2D eigenvalue weighted by Crippen LogP contribution is 2.29. The minimum Gasteiger partial charge on any atom is -0.449 e. The molecule has 1 unspecified atom stereocenters. The highest BCUT2D eigenvalue weighted by molar-refractivity contribution is 5.92. The van der Waals surface area contributed by atoms with E-state index in [1.54, 1.807) is 12.1 Å². The Morgan fingerprint density at radius 1 is 0.714 bits per heavy atom. The third-order valence-electron chi connectivity index (χ3n) is 8.46. The Balaban J connectivity index is 1.48. The standard InChI is InChI=1S/C39H50F4N2O4/c1-3-5-7-9-11-12-13-14-16-18-29-27-44-36(45-28-29)30-20-22-31(23-21-30)37(46)48-32-24-25-33(34(40)26-32)38(47)49-35(39(41,42)43)19-17-15-10-8-6-4-2/h20-28,35H,3-19H2,1-2H3. The molecule has 1 aromatic heterocycles. The minimum atomic E-state index is -4.78. The van der Waals surface area contributed by atoms with E-state index in [1.165, 1.54) is 63.5 Å². The van der Waals surface area contributed by atoms with Crippen molar-refractivity contribution in [2.75, 3.05) is 0 Å². The quantitative estimate of drug-likeness (QED) is 0.0453. The lowest BCUT2D eigenvalue weighted by molar-refractivity contribution is -0.206. The number of unbranched alkanes of at least 4 members (excludes halogenated alkanes) is 13. The van der Waals surface area contributed by atoms with Crippen LogP contribution in [0.25, 0.3) is 11.4 Å². The van der Waals surface area contributed by atoms with E-state index in [1.807, 2.05) is 19.3 Å². The van der Waals surface area contributed by atoms with Gasteiger partial charge in [0, 0.05) is 24.0 Å². The summed E-state index contributed by atoms with van der Waals surface area (Å²) in [5.74, 6) is -3.08. The Labute approximate surface area is 288 Å². The smallest absolute Gasteiger partial charge is 0.425 e. The summed E-state index contributed by atoms with van der Waals surface area (Å²) in [5, 5.41) is 0. The molecule has 1 atom stereocenters. The summed E-state index contributed by atoms with van der Waals surface area (Å²) in [7, 11) is 0. The molecule has 0 aliphatic heterocycles. The van der Waals surface area contributed by atoms with Crippen LogP contribution in [0.1, 0.15) is 143 Å². The number of benzene rings is 2. The number of alkyl halides is 3. The number of ether oxygens (including phenoxy) is 2. The Kier molecular flexibility index (Phi) is 17.2. The molecule has 0 saturated heterocycles. The lowest BCUT2D eigenvalue weighted by Crippen LogP contribution is -2.34. The van der Waals surface area contributed by atoms with Crippen LogP contribution in [0.4, 0.5) is 17.6 Å². The first-order chi connectivity index (χ1) is 23.6. The molecule has 0 spiro atoms. The normalized spacial score (nSPS) is 12.1. The Hall–Kier alpha value is -3.82. The summed E-state index contributed by atoms with van der Waals surface area (Å²) in [6.07, 6.45) is 13.1. The maximum Gasteiger partial charge on any atom is 0.425 e. The van der Waals surface area contributed by atoms with Crippen LogP contribution in [0, 0.1) is 5.82 Å². The molecule has 0 saturated carbocycles. The van der Waals surface area contributed by atoms with Crippen LogP contribution in [-0.2, 0) is 11.2 Å². The molecular formula is C39H50F4N2O4. The number of esters is 2. The summed E-state index contributed by atoms with van der Waals surface area (Å²) < 4.78 is 65.2. The van der Waals surface area contributed by atoms with Crippen molar-refractivity contribution in [3.05, 3.63) is 77.4 Å². The van der Waals surface area contributed by atoms with Crippen LogP contribution in [0.5, 0.6) is 5.75 Å². The Bertz CT molecular complexity index is 1410. The van der Waals surface area contributed by atoms with Gasteiger partial charge in [0.25, 0.3) is 0 Å². The second-order valence-corrected chi connectivity index (χ2v) is 12.6. The number of carbonyl (C=O) groups excluding carboxylic acids is 2. The maximum absolute atomic E-state index is 14.8. The molecule has 0 aliphatic carbocycles. The fourth-order valence-corrected chi connectivity index (χ4v) is 5.51. The van der Waals surface area contributed by atoms with E-state index < -0.39 is 42.0 Å². The first-order valence-electron chi connectivity index (χ1n) is 17.8. The number of hydrogen-bond donors (Lipinski definition) is 0. The third-order valence-corrected chi connectivity index (χ3v) is 8.46. The van der Waals surface area contributed by atoms with Crippen molar-refractivity contribution in [1.82, 2.24) is 9.97 Å². The van der Waals surface area contributed by atoms with Crippen molar-refractivity contribution < 1.29 is 36.6 Å². The summed E-state index contributed by atoms with van der Waals surface area (Å²) >= 11 is 0. The highest BCUT2D eigenvalue weighted by Gasteiger charge is 2.42. The van der Waals surface area contributed by atoms with Gasteiger partial charge in [-0.05, 0) is 55.5 Å². The van der Waals surface area contributed by atoms with E-state index in [4.69, 9.17) is 4.74 Å². The monoisotopic (exact) mass is 686 g/mol. The number of aryl methyl sites for hydroxylation is 1. The average Bonchev–Trinajstić information content (AvgIpc) is 3.08. The van der Waals surface area contributed by atoms with E-state index in [0.29, 0.717) is 17.8 Å². The molecule has 3 aromatic rings. The van der Waals surface area contributed by atoms with Crippen LogP contribution >= 0.6 is 0 Å². The lowest BCUT2D eigenvalue weighted by Gasteiger charge is -2.21. The van der Waals surface area contributed by atoms with Crippen molar-refractivity contribution in [3.8, 4) is 17.1 Å². The number of carbonyl (C=O) groups is 2. The molecule has 1 heterocycles. The molecule has 49 heavy (non-hydrogen) atoms. The van der Waals surface area contributed by atoms with Crippen LogP contribution in [0.15, 0.2) is 54.9 Å². The number of hydrogen-bond acceptors (Lipinski definition) is 6. The number of aromatic nitrogens is 2. The van der Waals surface area contributed by atoms with Crippen LogP contribution < -0.4 is 4.74 Å². The topological polar surface area (TPSA) is 78.4 Å². The molecule has 0 fully saturated rings. The van der Waals surface area contributed by atoms with Gasteiger partial charge < -0.3 is 9.47 Å². The Morgan fingerprint density at radius 3 is 1.82 bits per heavy atom. The minimum absolute atomic E-state index is 0.178. The van der Waals surface area contributed by atoms with E-state index in [2.05, 4.69) is 21.6 Å². The average molecular weight is 687 g/mol. The van der Waals surface area contributed by atoms with Gasteiger partial charge in [-0.2, -0.15) is 13.2 Å². The molecule has 6 nitrogen and oxygen atoms in total. The number of nitrogens with zero attached hydrogens (tertiary/aromatic N) is 2. The molecule has 10 heteroatoms. The van der Waals surface area contributed by atoms with Gasteiger partial charge in [-0.15, -0.1) is 0 Å². The van der Waals surface area contributed by atoms with Gasteiger partial charge in [-0.25, -0.2) is 23.9 Å². The van der Waals surface area contributed by atoms with Gasteiger partial charge in [0.15, 0.2) is 11.9 Å². The molecule has 2 aromatic carbocycles. The van der Waals surface area contributed by atoms with E-state index >= 15 is 0 Å². The highest BCUT2D eigenvalue weighted by atomic mass is 19.4. The zero-order valence-electron chi connectivity index (χ0n) is 28.8. The first-order valence-corrected chi connectivity index (χ1v) is 17.8. The summed E-state index contributed by atoms with van der Waals surface area (Å²) in [4.78, 5) is 34.1. The van der Waals surface area contributed by atoms with Gasteiger partial charge >= 0.3 is 18.1 Å². The van der Waals surface area contributed by atoms with Crippen molar-refractivity contribution in [1.29, 1.82) is 0 Å². The van der Waals surface area contributed by atoms with Crippen molar-refractivity contribution >= 4 is 11.9 Å². The van der Waals surface area contributed by atoms with E-state index in [0.717, 1.165) is 62.3 Å². The lowest BCUT2D eigenvalue weighted by atomic mass is 10.1. The van der Waals surface area contributed by atoms with Gasteiger partial charge in [-0.3, -0.25) is 0 Å². The number of halogens is 4. The Morgan fingerprint density at radius 2 is 1.27 bits per heavy atom. The molecule has 0 N–H and O–H groups in total. The summed E-state index contributed by atoms with van der Waals surface area (Å²) in [6, 6.07) is 9.25. The van der Waals surface area contributed by atoms with E-state index in [-0.39, 0.29) is 17.7 Å². The number of rotatable bonds is 22. The van der Waals surface area contributed by atoms with Crippen LogP contribution in [0.3, 0.4) is 0 Å². The zero-order valence-corrected chi connectivity index (χ0v) is 28.8. The SMILES string of the molecule is CCCCCCCCCCCc1cnc(-c2ccc(C(=O)Oc3ccc(C(=O)OC(CCCCCCCC)C(F)(F)F)c(F)c3)cc2)nc1. The van der Waals surface area contributed by atoms with Gasteiger partial charge in [0.05, 0.1) is 11.1 Å². The fraction of sp³-hybridized carbons (Fsp3) is 0.538. The van der Waals surface area contributed by atoms with Crippen LogP contribution in [-0.4, -0.2) is 34.2 Å². The molecule has 0 amide bonds. The molecule has 0 aliphatic rings. The molecular weight excluding hydrogens is 636 g/mol. The van der Waals surface area contributed by atoms with Gasteiger partial charge in [0.1, 0.15) is 11.6 Å². The van der Waals surface area contributed by atoms with Gasteiger partial charge in [-0.1, -0.05) is 109 Å². The largest absolute Gasteiger partial charge is 0.449 e. The van der Waals surface area contributed by atoms with Crippen LogP contribution in [0.2, 0.25) is 0 Å².